The summed E-state index contributed by atoms with van der Waals surface area (Å²) in [5.41, 5.74) is 1.86. The first-order chi connectivity index (χ1) is 11.9. The molecule has 7 heteroatoms. The van der Waals surface area contributed by atoms with E-state index in [9.17, 15) is 14.4 Å². The van der Waals surface area contributed by atoms with E-state index >= 15 is 0 Å². The summed E-state index contributed by atoms with van der Waals surface area (Å²) in [5.74, 6) is 0.453. The molecule has 2 heterocycles. The van der Waals surface area contributed by atoms with Crippen LogP contribution in [0.3, 0.4) is 0 Å². The summed E-state index contributed by atoms with van der Waals surface area (Å²) < 4.78 is -0.486. The van der Waals surface area contributed by atoms with E-state index in [4.69, 9.17) is 0 Å². The highest BCUT2D eigenvalue weighted by molar-refractivity contribution is 8.01. The topological polar surface area (TPSA) is 78.5 Å². The fourth-order valence-corrected chi connectivity index (χ4v) is 3.91. The van der Waals surface area contributed by atoms with Crippen LogP contribution in [0.15, 0.2) is 24.3 Å². The standard InChI is InChI=1S/C18H23N3O3S/c1-18(2)17(24)20-14(11-25-18)16(23)19-10-12-5-7-13(8-6-12)21-9-3-4-15(21)22/h5-8,14H,3-4,9-11H2,1-2H3,(H,19,23)(H,20,24)/t14-/m0/s1. The molecule has 0 spiro atoms. The third kappa shape index (κ3) is 3.98. The summed E-state index contributed by atoms with van der Waals surface area (Å²) in [7, 11) is 0. The second kappa shape index (κ2) is 7.07. The number of nitrogens with one attached hydrogen (secondary N) is 2. The van der Waals surface area contributed by atoms with E-state index in [1.807, 2.05) is 38.1 Å². The van der Waals surface area contributed by atoms with Crippen LogP contribution in [0, 0.1) is 0 Å². The third-order valence-electron chi connectivity index (χ3n) is 4.57. The normalized spacial score (nSPS) is 22.6. The maximum Gasteiger partial charge on any atom is 0.243 e. The van der Waals surface area contributed by atoms with E-state index in [0.717, 1.165) is 24.2 Å². The first-order valence-electron chi connectivity index (χ1n) is 8.49. The Bertz CT molecular complexity index is 687. The molecular weight excluding hydrogens is 338 g/mol. The number of hydrogen-bond acceptors (Lipinski definition) is 4. The molecule has 3 rings (SSSR count). The lowest BCUT2D eigenvalue weighted by atomic mass is 10.1. The molecule has 0 unspecified atom stereocenters. The Kier molecular flexibility index (Phi) is 5.03. The molecule has 6 nitrogen and oxygen atoms in total. The van der Waals surface area contributed by atoms with Crippen LogP contribution < -0.4 is 15.5 Å². The molecule has 1 atom stereocenters. The maximum atomic E-state index is 12.3. The summed E-state index contributed by atoms with van der Waals surface area (Å²) in [5, 5.41) is 5.64. The molecule has 2 fully saturated rings. The molecule has 2 aliphatic rings. The molecular formula is C18H23N3O3S. The predicted octanol–water partition coefficient (Wildman–Crippen LogP) is 1.44. The van der Waals surface area contributed by atoms with Crippen molar-refractivity contribution in [3.8, 4) is 0 Å². The van der Waals surface area contributed by atoms with Gasteiger partial charge in [0.15, 0.2) is 0 Å². The number of rotatable bonds is 4. The number of carbonyl (C=O) groups is 3. The van der Waals surface area contributed by atoms with Crippen LogP contribution in [-0.4, -0.2) is 40.8 Å². The van der Waals surface area contributed by atoms with E-state index in [2.05, 4.69) is 10.6 Å². The summed E-state index contributed by atoms with van der Waals surface area (Å²) in [6.07, 6.45) is 1.51. The van der Waals surface area contributed by atoms with E-state index in [1.165, 1.54) is 11.8 Å². The van der Waals surface area contributed by atoms with E-state index < -0.39 is 10.8 Å². The highest BCUT2D eigenvalue weighted by Gasteiger charge is 2.37. The van der Waals surface area contributed by atoms with Crippen molar-refractivity contribution < 1.29 is 14.4 Å². The minimum absolute atomic E-state index is 0.108. The Hall–Kier alpha value is -2.02. The van der Waals surface area contributed by atoms with Gasteiger partial charge in [0.05, 0.1) is 4.75 Å². The zero-order valence-electron chi connectivity index (χ0n) is 14.5. The van der Waals surface area contributed by atoms with Gasteiger partial charge in [-0.25, -0.2) is 0 Å². The van der Waals surface area contributed by atoms with Crippen LogP contribution in [0.2, 0.25) is 0 Å². The average molecular weight is 361 g/mol. The molecule has 134 valence electrons. The number of hydrogen-bond donors (Lipinski definition) is 2. The molecule has 0 aliphatic carbocycles. The Balaban J connectivity index is 1.52. The predicted molar refractivity (Wildman–Crippen MR) is 98.3 cm³/mol. The van der Waals surface area contributed by atoms with Crippen molar-refractivity contribution in [1.82, 2.24) is 10.6 Å². The van der Waals surface area contributed by atoms with Gasteiger partial charge in [-0.15, -0.1) is 11.8 Å². The minimum atomic E-state index is -0.494. The molecule has 0 saturated carbocycles. The van der Waals surface area contributed by atoms with Crippen LogP contribution >= 0.6 is 11.8 Å². The molecule has 1 aromatic carbocycles. The molecule has 2 aliphatic heterocycles. The van der Waals surface area contributed by atoms with E-state index in [-0.39, 0.29) is 17.7 Å². The summed E-state index contributed by atoms with van der Waals surface area (Å²) in [4.78, 5) is 37.8. The number of carbonyl (C=O) groups excluding carboxylic acids is 3. The van der Waals surface area contributed by atoms with Crippen molar-refractivity contribution >= 4 is 35.2 Å². The average Bonchev–Trinajstić information content (AvgIpc) is 3.01. The van der Waals surface area contributed by atoms with Crippen molar-refractivity contribution in [2.24, 2.45) is 0 Å². The van der Waals surface area contributed by atoms with Gasteiger partial charge in [-0.3, -0.25) is 14.4 Å². The largest absolute Gasteiger partial charge is 0.350 e. The fraction of sp³-hybridized carbons (Fsp3) is 0.500. The maximum absolute atomic E-state index is 12.3. The van der Waals surface area contributed by atoms with Gasteiger partial charge in [0.25, 0.3) is 0 Å². The van der Waals surface area contributed by atoms with E-state index in [0.29, 0.717) is 18.7 Å². The number of benzene rings is 1. The molecule has 0 bridgehead atoms. The number of thioether (sulfide) groups is 1. The van der Waals surface area contributed by atoms with Crippen molar-refractivity contribution in [2.75, 3.05) is 17.2 Å². The van der Waals surface area contributed by atoms with Gasteiger partial charge in [0.2, 0.25) is 17.7 Å². The molecule has 0 radical (unpaired) electrons. The third-order valence-corrected chi connectivity index (χ3v) is 5.97. The van der Waals surface area contributed by atoms with Crippen LogP contribution in [0.1, 0.15) is 32.3 Å². The number of amides is 3. The lowest BCUT2D eigenvalue weighted by Crippen LogP contribution is -2.57. The van der Waals surface area contributed by atoms with Crippen LogP contribution in [0.25, 0.3) is 0 Å². The van der Waals surface area contributed by atoms with Gasteiger partial charge in [-0.05, 0) is 38.0 Å². The van der Waals surface area contributed by atoms with Crippen molar-refractivity contribution in [3.63, 3.8) is 0 Å². The van der Waals surface area contributed by atoms with Crippen molar-refractivity contribution in [2.45, 2.75) is 44.0 Å². The highest BCUT2D eigenvalue weighted by Crippen LogP contribution is 2.29. The molecule has 2 saturated heterocycles. The van der Waals surface area contributed by atoms with Gasteiger partial charge in [-0.2, -0.15) is 0 Å². The number of nitrogens with zero attached hydrogens (tertiary/aromatic N) is 1. The summed E-state index contributed by atoms with van der Waals surface area (Å²) >= 11 is 1.49. The van der Waals surface area contributed by atoms with Gasteiger partial charge >= 0.3 is 0 Å². The van der Waals surface area contributed by atoms with Gasteiger partial charge < -0.3 is 15.5 Å². The van der Waals surface area contributed by atoms with Crippen molar-refractivity contribution in [1.29, 1.82) is 0 Å². The highest BCUT2D eigenvalue weighted by atomic mass is 32.2. The lowest BCUT2D eigenvalue weighted by molar-refractivity contribution is -0.129. The molecule has 2 N–H and O–H groups in total. The van der Waals surface area contributed by atoms with Crippen LogP contribution in [-0.2, 0) is 20.9 Å². The minimum Gasteiger partial charge on any atom is -0.350 e. The van der Waals surface area contributed by atoms with Gasteiger partial charge in [0, 0.05) is 31.0 Å². The second-order valence-electron chi connectivity index (χ2n) is 6.88. The number of anilines is 1. The zero-order valence-corrected chi connectivity index (χ0v) is 15.3. The second-order valence-corrected chi connectivity index (χ2v) is 8.52. The summed E-state index contributed by atoms with van der Waals surface area (Å²) in [6.45, 7) is 4.87. The molecule has 0 aromatic heterocycles. The molecule has 3 amide bonds. The zero-order chi connectivity index (χ0) is 18.0. The van der Waals surface area contributed by atoms with Crippen molar-refractivity contribution in [3.05, 3.63) is 29.8 Å². The first-order valence-corrected chi connectivity index (χ1v) is 9.47. The Labute approximate surface area is 151 Å². The lowest BCUT2D eigenvalue weighted by Gasteiger charge is -2.32. The quantitative estimate of drug-likeness (QED) is 0.851. The first kappa shape index (κ1) is 17.8. The fourth-order valence-electron chi connectivity index (χ4n) is 2.90. The monoisotopic (exact) mass is 361 g/mol. The summed E-state index contributed by atoms with van der Waals surface area (Å²) in [6, 6.07) is 7.15. The Morgan fingerprint density at radius 2 is 2.04 bits per heavy atom. The van der Waals surface area contributed by atoms with Crippen LogP contribution in [0.5, 0.6) is 0 Å². The van der Waals surface area contributed by atoms with Gasteiger partial charge in [-0.1, -0.05) is 12.1 Å². The molecule has 25 heavy (non-hydrogen) atoms. The Morgan fingerprint density at radius 3 is 2.64 bits per heavy atom. The Morgan fingerprint density at radius 1 is 1.32 bits per heavy atom. The SMILES string of the molecule is CC1(C)SC[C@@H](C(=O)NCc2ccc(N3CCCC3=O)cc2)NC1=O. The van der Waals surface area contributed by atoms with E-state index in [1.54, 1.807) is 4.90 Å². The smallest absolute Gasteiger partial charge is 0.243 e. The van der Waals surface area contributed by atoms with Crippen LogP contribution in [0.4, 0.5) is 5.69 Å². The van der Waals surface area contributed by atoms with Gasteiger partial charge in [0.1, 0.15) is 6.04 Å². The molecule has 1 aromatic rings.